The maximum Gasteiger partial charge on any atom is 0.342 e. The number of carboxylic acid groups (broad SMARTS) is 1. The number of aromatic nitrogens is 2. The maximum atomic E-state index is 12.3. The lowest BCUT2D eigenvalue weighted by Gasteiger charge is -2.17. The second-order valence-corrected chi connectivity index (χ2v) is 4.86. The van der Waals surface area contributed by atoms with Gasteiger partial charge in [-0.05, 0) is 0 Å². The van der Waals surface area contributed by atoms with Crippen molar-refractivity contribution < 1.29 is 38.4 Å². The first-order chi connectivity index (χ1) is 12.0. The summed E-state index contributed by atoms with van der Waals surface area (Å²) < 4.78 is 26.9. The largest absolute Gasteiger partial charge is 0.478 e. The topological polar surface area (TPSA) is 118 Å². The van der Waals surface area contributed by atoms with Crippen molar-refractivity contribution in [3.8, 4) is 11.5 Å². The van der Waals surface area contributed by atoms with Crippen molar-refractivity contribution in [1.82, 2.24) is 9.55 Å². The van der Waals surface area contributed by atoms with E-state index in [1.165, 1.54) is 20.5 Å². The summed E-state index contributed by atoms with van der Waals surface area (Å²) in [7, 11) is 5.56. The molecular weight excluding hydrogens is 336 g/mol. The van der Waals surface area contributed by atoms with Gasteiger partial charge in [-0.15, -0.1) is 0 Å². The minimum atomic E-state index is -1.39. The first-order valence-corrected chi connectivity index (χ1v) is 7.03. The van der Waals surface area contributed by atoms with E-state index in [1.54, 1.807) is 11.6 Å². The molecule has 0 aliphatic rings. The number of carboxylic acids is 1. The zero-order chi connectivity index (χ0) is 18.6. The SMILES string of the molecule is COCOc1c(C(=O)OC)c(C(=O)O)c(OCOC)c2c1ncn2C. The summed E-state index contributed by atoms with van der Waals surface area (Å²) in [5.41, 5.74) is -0.167. The van der Waals surface area contributed by atoms with E-state index >= 15 is 0 Å². The van der Waals surface area contributed by atoms with E-state index in [-0.39, 0.29) is 36.2 Å². The summed E-state index contributed by atoms with van der Waals surface area (Å²) in [5.74, 6) is -2.43. The molecule has 0 radical (unpaired) electrons. The highest BCUT2D eigenvalue weighted by atomic mass is 16.7. The number of esters is 1. The molecule has 0 unspecified atom stereocenters. The highest BCUT2D eigenvalue weighted by molar-refractivity contribution is 6.12. The Kier molecular flexibility index (Phi) is 5.78. The molecule has 0 spiro atoms. The Morgan fingerprint density at radius 2 is 1.68 bits per heavy atom. The second-order valence-electron chi connectivity index (χ2n) is 4.86. The fourth-order valence-electron chi connectivity index (χ4n) is 2.35. The van der Waals surface area contributed by atoms with Gasteiger partial charge in [0.1, 0.15) is 22.2 Å². The predicted molar refractivity (Wildman–Crippen MR) is 84.0 cm³/mol. The van der Waals surface area contributed by atoms with Gasteiger partial charge in [-0.2, -0.15) is 0 Å². The molecular formula is C15H18N2O8. The van der Waals surface area contributed by atoms with Crippen molar-refractivity contribution >= 4 is 23.0 Å². The van der Waals surface area contributed by atoms with Crippen LogP contribution in [-0.2, 0) is 21.3 Å². The fourth-order valence-corrected chi connectivity index (χ4v) is 2.35. The molecule has 2 aromatic rings. The highest BCUT2D eigenvalue weighted by Gasteiger charge is 2.33. The first-order valence-electron chi connectivity index (χ1n) is 7.03. The Balaban J connectivity index is 2.92. The van der Waals surface area contributed by atoms with E-state index in [1.807, 2.05) is 0 Å². The number of hydrogen-bond acceptors (Lipinski definition) is 8. The molecule has 25 heavy (non-hydrogen) atoms. The molecule has 0 fully saturated rings. The van der Waals surface area contributed by atoms with Crippen LogP contribution in [0.1, 0.15) is 20.7 Å². The van der Waals surface area contributed by atoms with Crippen molar-refractivity contribution in [2.24, 2.45) is 7.05 Å². The molecule has 1 heterocycles. The average molecular weight is 354 g/mol. The predicted octanol–water partition coefficient (Wildman–Crippen LogP) is 1.02. The van der Waals surface area contributed by atoms with Gasteiger partial charge in [0, 0.05) is 21.3 Å². The molecule has 0 saturated heterocycles. The van der Waals surface area contributed by atoms with Crippen LogP contribution in [0, 0.1) is 0 Å². The van der Waals surface area contributed by atoms with Crippen LogP contribution in [0.25, 0.3) is 11.0 Å². The van der Waals surface area contributed by atoms with Crippen LogP contribution in [0.4, 0.5) is 0 Å². The Labute approximate surface area is 142 Å². The summed E-state index contributed by atoms with van der Waals surface area (Å²) in [5, 5.41) is 9.68. The highest BCUT2D eigenvalue weighted by Crippen LogP contribution is 2.40. The van der Waals surface area contributed by atoms with E-state index < -0.39 is 17.5 Å². The number of carbonyl (C=O) groups is 2. The van der Waals surface area contributed by atoms with E-state index in [9.17, 15) is 14.7 Å². The smallest absolute Gasteiger partial charge is 0.342 e. The number of imidazole rings is 1. The third-order valence-electron chi connectivity index (χ3n) is 3.32. The second kappa shape index (κ2) is 7.81. The Bertz CT molecular complexity index is 799. The summed E-state index contributed by atoms with van der Waals surface area (Å²) in [6.07, 6.45) is 1.44. The lowest BCUT2D eigenvalue weighted by Crippen LogP contribution is -2.17. The van der Waals surface area contributed by atoms with Gasteiger partial charge in [0.15, 0.2) is 25.1 Å². The Morgan fingerprint density at radius 1 is 1.08 bits per heavy atom. The number of fused-ring (bicyclic) bond motifs is 1. The van der Waals surface area contributed by atoms with Crippen LogP contribution < -0.4 is 9.47 Å². The number of aryl methyl sites for hydroxylation is 1. The Morgan fingerprint density at radius 3 is 2.20 bits per heavy atom. The average Bonchev–Trinajstić information content (AvgIpc) is 2.98. The molecule has 0 amide bonds. The minimum Gasteiger partial charge on any atom is -0.478 e. The molecule has 0 atom stereocenters. The normalized spacial score (nSPS) is 10.7. The van der Waals surface area contributed by atoms with E-state index in [0.29, 0.717) is 5.52 Å². The number of methoxy groups -OCH3 is 3. The molecule has 10 nitrogen and oxygen atoms in total. The van der Waals surface area contributed by atoms with Gasteiger partial charge >= 0.3 is 11.9 Å². The molecule has 0 aliphatic carbocycles. The summed E-state index contributed by atoms with van der Waals surface area (Å²) >= 11 is 0. The molecule has 0 aliphatic heterocycles. The van der Waals surface area contributed by atoms with Gasteiger partial charge in [-0.3, -0.25) is 0 Å². The zero-order valence-corrected chi connectivity index (χ0v) is 14.2. The molecule has 1 aromatic heterocycles. The molecule has 1 aromatic carbocycles. The molecule has 0 bridgehead atoms. The molecule has 1 N–H and O–H groups in total. The quantitative estimate of drug-likeness (QED) is 0.547. The van der Waals surface area contributed by atoms with Gasteiger partial charge in [-0.25, -0.2) is 14.6 Å². The van der Waals surface area contributed by atoms with Crippen molar-refractivity contribution in [2.45, 2.75) is 0 Å². The number of hydrogen-bond donors (Lipinski definition) is 1. The van der Waals surface area contributed by atoms with Gasteiger partial charge in [0.25, 0.3) is 0 Å². The number of nitrogens with zero attached hydrogens (tertiary/aromatic N) is 2. The molecule has 2 rings (SSSR count). The van der Waals surface area contributed by atoms with Crippen LogP contribution in [0.5, 0.6) is 11.5 Å². The first kappa shape index (κ1) is 18.5. The molecule has 0 saturated carbocycles. The van der Waals surface area contributed by atoms with Crippen molar-refractivity contribution in [3.05, 3.63) is 17.5 Å². The zero-order valence-electron chi connectivity index (χ0n) is 14.2. The summed E-state index contributed by atoms with van der Waals surface area (Å²) in [6.45, 7) is -0.438. The van der Waals surface area contributed by atoms with Crippen molar-refractivity contribution in [1.29, 1.82) is 0 Å². The van der Waals surface area contributed by atoms with Gasteiger partial charge in [0.2, 0.25) is 0 Å². The monoisotopic (exact) mass is 354 g/mol. The number of benzene rings is 1. The summed E-state index contributed by atoms with van der Waals surface area (Å²) in [6, 6.07) is 0. The number of rotatable bonds is 8. The van der Waals surface area contributed by atoms with Crippen molar-refractivity contribution in [3.63, 3.8) is 0 Å². The fraction of sp³-hybridized carbons (Fsp3) is 0.400. The number of ether oxygens (including phenoxy) is 5. The number of carbonyl (C=O) groups excluding carboxylic acids is 1. The standard InChI is InChI=1S/C15H18N2O8/c1-17-5-16-10-11(17)13(25-7-22-3)8(14(18)19)9(15(20)23-4)12(10)24-6-21-2/h5H,6-7H2,1-4H3,(H,18,19). The van der Waals surface area contributed by atoms with Gasteiger partial charge in [-0.1, -0.05) is 0 Å². The molecule has 10 heteroatoms. The Hall–Kier alpha value is -2.85. The van der Waals surface area contributed by atoms with E-state index in [4.69, 9.17) is 23.7 Å². The lowest BCUT2D eigenvalue weighted by molar-refractivity contribution is 0.0432. The van der Waals surface area contributed by atoms with Gasteiger partial charge < -0.3 is 33.4 Å². The van der Waals surface area contributed by atoms with Crippen LogP contribution in [0.2, 0.25) is 0 Å². The van der Waals surface area contributed by atoms with E-state index in [0.717, 1.165) is 7.11 Å². The van der Waals surface area contributed by atoms with Crippen LogP contribution in [0.3, 0.4) is 0 Å². The third kappa shape index (κ3) is 3.35. The van der Waals surface area contributed by atoms with Gasteiger partial charge in [0.05, 0.1) is 13.4 Å². The number of aromatic carboxylic acids is 1. The minimum absolute atomic E-state index is 0.0635. The molecule has 136 valence electrons. The van der Waals surface area contributed by atoms with Crippen molar-refractivity contribution in [2.75, 3.05) is 34.9 Å². The van der Waals surface area contributed by atoms with Crippen LogP contribution in [-0.4, -0.2) is 61.5 Å². The third-order valence-corrected chi connectivity index (χ3v) is 3.32. The van der Waals surface area contributed by atoms with Crippen LogP contribution in [0.15, 0.2) is 6.33 Å². The van der Waals surface area contributed by atoms with Crippen LogP contribution >= 0.6 is 0 Å². The lowest BCUT2D eigenvalue weighted by atomic mass is 10.0. The summed E-state index contributed by atoms with van der Waals surface area (Å²) in [4.78, 5) is 28.3. The maximum absolute atomic E-state index is 12.3. The van der Waals surface area contributed by atoms with E-state index in [2.05, 4.69) is 4.98 Å².